The van der Waals surface area contributed by atoms with Gasteiger partial charge in [0.1, 0.15) is 0 Å². The molecule has 90 valence electrons. The molecule has 1 N–H and O–H groups in total. The minimum Gasteiger partial charge on any atom is -0.379 e. The van der Waals surface area contributed by atoms with Gasteiger partial charge in [-0.05, 0) is 12.1 Å². The van der Waals surface area contributed by atoms with E-state index < -0.39 is 0 Å². The number of morpholine rings is 1. The molecule has 1 saturated heterocycles. The van der Waals surface area contributed by atoms with Crippen LogP contribution in [0.3, 0.4) is 0 Å². The van der Waals surface area contributed by atoms with Crippen LogP contribution in [0.25, 0.3) is 0 Å². The molecular weight excluding hydrogens is 224 g/mol. The number of nitrogens with one attached hydrogen (secondary N) is 1. The molecule has 1 aliphatic heterocycles. The maximum atomic E-state index is 5.29. The number of rotatable bonds is 5. The molecule has 16 heavy (non-hydrogen) atoms. The Labute approximate surface area is 100 Å². The Kier molecular flexibility index (Phi) is 4.74. The zero-order chi connectivity index (χ0) is 11.2. The molecule has 1 fully saturated rings. The van der Waals surface area contributed by atoms with Crippen LogP contribution in [0.1, 0.15) is 9.75 Å². The summed E-state index contributed by atoms with van der Waals surface area (Å²) >= 11 is 1.80. The summed E-state index contributed by atoms with van der Waals surface area (Å²) in [6, 6.07) is 4.29. The monoisotopic (exact) mass is 242 g/mol. The van der Waals surface area contributed by atoms with Gasteiger partial charge < -0.3 is 9.47 Å². The van der Waals surface area contributed by atoms with Crippen molar-refractivity contribution in [2.24, 2.45) is 0 Å². The van der Waals surface area contributed by atoms with Gasteiger partial charge in [-0.3, -0.25) is 0 Å². The summed E-state index contributed by atoms with van der Waals surface area (Å²) in [5.41, 5.74) is 3.42. The average Bonchev–Trinajstić information content (AvgIpc) is 2.76. The highest BCUT2D eigenvalue weighted by Gasteiger charge is 2.09. The van der Waals surface area contributed by atoms with Crippen molar-refractivity contribution in [3.05, 3.63) is 21.9 Å². The lowest BCUT2D eigenvalue weighted by atomic mass is 10.4. The second kappa shape index (κ2) is 6.32. The van der Waals surface area contributed by atoms with Gasteiger partial charge in [0.15, 0.2) is 0 Å². The van der Waals surface area contributed by atoms with E-state index in [2.05, 4.69) is 22.6 Å². The van der Waals surface area contributed by atoms with Crippen LogP contribution >= 0.6 is 11.3 Å². The summed E-state index contributed by atoms with van der Waals surface area (Å²) in [4.78, 5) is 2.62. The summed E-state index contributed by atoms with van der Waals surface area (Å²) in [6.45, 7) is 5.20. The molecule has 0 radical (unpaired) electrons. The zero-order valence-electron chi connectivity index (χ0n) is 9.57. The number of methoxy groups -OCH3 is 1. The Morgan fingerprint density at radius 3 is 2.88 bits per heavy atom. The highest BCUT2D eigenvalue weighted by atomic mass is 32.1. The first-order valence-corrected chi connectivity index (χ1v) is 6.33. The molecule has 1 aromatic rings. The van der Waals surface area contributed by atoms with Crippen molar-refractivity contribution in [3.8, 4) is 0 Å². The number of hydrogen-bond acceptors (Lipinski definition) is 5. The summed E-state index contributed by atoms with van der Waals surface area (Å²) in [6.07, 6.45) is 0. The molecule has 0 spiro atoms. The first-order valence-electron chi connectivity index (χ1n) is 5.51. The van der Waals surface area contributed by atoms with E-state index in [9.17, 15) is 0 Å². The van der Waals surface area contributed by atoms with Gasteiger partial charge in [-0.2, -0.15) is 0 Å². The predicted molar refractivity (Wildman–Crippen MR) is 64.3 cm³/mol. The van der Waals surface area contributed by atoms with Crippen LogP contribution in [-0.2, 0) is 22.6 Å². The van der Waals surface area contributed by atoms with E-state index in [1.807, 2.05) is 0 Å². The first-order chi connectivity index (χ1) is 7.88. The quantitative estimate of drug-likeness (QED) is 0.842. The van der Waals surface area contributed by atoms with E-state index in [0.717, 1.165) is 32.8 Å². The molecular formula is C11H18N2O2S. The van der Waals surface area contributed by atoms with Gasteiger partial charge in [-0.1, -0.05) is 0 Å². The topological polar surface area (TPSA) is 33.7 Å². The van der Waals surface area contributed by atoms with Crippen molar-refractivity contribution in [2.45, 2.75) is 13.2 Å². The minimum absolute atomic E-state index is 0.711. The summed E-state index contributed by atoms with van der Waals surface area (Å²) in [5.74, 6) is 0. The molecule has 0 amide bonds. The number of nitrogens with zero attached hydrogens (tertiary/aromatic N) is 1. The highest BCUT2D eigenvalue weighted by molar-refractivity contribution is 7.11. The van der Waals surface area contributed by atoms with Gasteiger partial charge in [0.25, 0.3) is 0 Å². The lowest BCUT2D eigenvalue weighted by molar-refractivity contribution is 0.0107. The van der Waals surface area contributed by atoms with Crippen molar-refractivity contribution in [3.63, 3.8) is 0 Å². The third-order valence-corrected chi connectivity index (χ3v) is 3.55. The largest absolute Gasteiger partial charge is 0.379 e. The molecule has 0 aromatic carbocycles. The van der Waals surface area contributed by atoms with Gasteiger partial charge in [0, 0.05) is 36.5 Å². The van der Waals surface area contributed by atoms with Crippen LogP contribution in [0.15, 0.2) is 12.1 Å². The Morgan fingerprint density at radius 1 is 1.38 bits per heavy atom. The summed E-state index contributed by atoms with van der Waals surface area (Å²) in [7, 11) is 1.73. The summed E-state index contributed by atoms with van der Waals surface area (Å²) in [5, 5.41) is 2.22. The van der Waals surface area contributed by atoms with E-state index in [0.29, 0.717) is 6.61 Å². The fraction of sp³-hybridized carbons (Fsp3) is 0.636. The van der Waals surface area contributed by atoms with E-state index in [4.69, 9.17) is 9.47 Å². The van der Waals surface area contributed by atoms with Crippen LogP contribution in [0, 0.1) is 0 Å². The minimum atomic E-state index is 0.711. The smallest absolute Gasteiger partial charge is 0.0805 e. The highest BCUT2D eigenvalue weighted by Crippen LogP contribution is 2.17. The second-order valence-electron chi connectivity index (χ2n) is 3.74. The maximum absolute atomic E-state index is 5.29. The molecule has 1 aliphatic rings. The Balaban J connectivity index is 1.75. The zero-order valence-corrected chi connectivity index (χ0v) is 10.4. The molecule has 0 bridgehead atoms. The molecule has 0 saturated carbocycles. The van der Waals surface area contributed by atoms with Crippen LogP contribution in [0.2, 0.25) is 0 Å². The van der Waals surface area contributed by atoms with Crippen LogP contribution in [0.5, 0.6) is 0 Å². The lowest BCUT2D eigenvalue weighted by Crippen LogP contribution is -2.45. The van der Waals surface area contributed by atoms with Crippen molar-refractivity contribution in [1.82, 2.24) is 10.4 Å². The van der Waals surface area contributed by atoms with Gasteiger partial charge in [-0.25, -0.2) is 10.4 Å². The molecule has 4 nitrogen and oxygen atoms in total. The van der Waals surface area contributed by atoms with Crippen molar-refractivity contribution < 1.29 is 9.47 Å². The van der Waals surface area contributed by atoms with E-state index >= 15 is 0 Å². The van der Waals surface area contributed by atoms with E-state index in [1.165, 1.54) is 9.75 Å². The lowest BCUT2D eigenvalue weighted by Gasteiger charge is -2.26. The Bertz CT molecular complexity index is 311. The number of hydrazine groups is 1. The SMILES string of the molecule is COCc1ccc(CNN2CCOCC2)s1. The van der Waals surface area contributed by atoms with Gasteiger partial charge in [0.05, 0.1) is 19.8 Å². The van der Waals surface area contributed by atoms with E-state index in [1.54, 1.807) is 18.4 Å². The standard InChI is InChI=1S/C11H18N2O2S/c1-14-9-11-3-2-10(16-11)8-12-13-4-6-15-7-5-13/h2-3,12H,4-9H2,1H3. The third kappa shape index (κ3) is 3.54. The van der Waals surface area contributed by atoms with Crippen molar-refractivity contribution in [1.29, 1.82) is 0 Å². The molecule has 0 aliphatic carbocycles. The molecule has 2 heterocycles. The van der Waals surface area contributed by atoms with Gasteiger partial charge in [0.2, 0.25) is 0 Å². The Hall–Kier alpha value is -0.460. The summed E-state index contributed by atoms with van der Waals surface area (Å²) < 4.78 is 10.4. The van der Waals surface area contributed by atoms with Gasteiger partial charge >= 0.3 is 0 Å². The number of ether oxygens (including phenoxy) is 2. The molecule has 5 heteroatoms. The molecule has 2 rings (SSSR count). The first kappa shape index (κ1) is 12.0. The third-order valence-electron chi connectivity index (χ3n) is 2.49. The van der Waals surface area contributed by atoms with Crippen molar-refractivity contribution in [2.75, 3.05) is 33.4 Å². The predicted octanol–water partition coefficient (Wildman–Crippen LogP) is 1.23. The fourth-order valence-corrected chi connectivity index (χ4v) is 2.57. The fourth-order valence-electron chi connectivity index (χ4n) is 1.65. The van der Waals surface area contributed by atoms with Crippen molar-refractivity contribution >= 4 is 11.3 Å². The number of thiophene rings is 1. The Morgan fingerprint density at radius 2 is 2.12 bits per heavy atom. The van der Waals surface area contributed by atoms with Crippen LogP contribution < -0.4 is 5.43 Å². The molecule has 1 aromatic heterocycles. The van der Waals surface area contributed by atoms with Crippen LogP contribution in [-0.4, -0.2) is 38.4 Å². The van der Waals surface area contributed by atoms with Crippen LogP contribution in [0.4, 0.5) is 0 Å². The van der Waals surface area contributed by atoms with Gasteiger partial charge in [-0.15, -0.1) is 11.3 Å². The normalized spacial score (nSPS) is 17.8. The molecule has 0 unspecified atom stereocenters. The average molecular weight is 242 g/mol. The van der Waals surface area contributed by atoms with E-state index in [-0.39, 0.29) is 0 Å². The maximum Gasteiger partial charge on any atom is 0.0805 e. The second-order valence-corrected chi connectivity index (χ2v) is 4.99. The molecule has 0 atom stereocenters. The number of hydrogen-bond donors (Lipinski definition) is 1.